The normalized spacial score (nSPS) is 10.1. The van der Waals surface area contributed by atoms with Gasteiger partial charge in [0.25, 0.3) is 11.8 Å². The van der Waals surface area contributed by atoms with Gasteiger partial charge in [0.05, 0.1) is 15.6 Å². The van der Waals surface area contributed by atoms with E-state index in [9.17, 15) is 9.59 Å². The average Bonchev–Trinajstić information content (AvgIpc) is 2.70. The predicted octanol–water partition coefficient (Wildman–Crippen LogP) is 4.48. The van der Waals surface area contributed by atoms with E-state index in [4.69, 9.17) is 21.7 Å². The molecule has 0 saturated carbocycles. The van der Waals surface area contributed by atoms with E-state index in [1.807, 2.05) is 6.92 Å². The van der Waals surface area contributed by atoms with Crippen LogP contribution < -0.4 is 25.6 Å². The number of halogens is 3. The maximum Gasteiger partial charge on any atom is 0.276 e. The molecule has 2 amide bonds. The van der Waals surface area contributed by atoms with Crippen molar-refractivity contribution in [2.24, 2.45) is 0 Å². The summed E-state index contributed by atoms with van der Waals surface area (Å²) in [6, 6.07) is 10.3. The molecule has 0 aromatic heterocycles. The quantitative estimate of drug-likeness (QED) is 0.312. The van der Waals surface area contributed by atoms with Crippen LogP contribution in [-0.4, -0.2) is 30.1 Å². The van der Waals surface area contributed by atoms with Crippen LogP contribution in [0.3, 0.4) is 0 Å². The zero-order valence-electron chi connectivity index (χ0n) is 15.8. The van der Waals surface area contributed by atoms with Crippen molar-refractivity contribution in [3.63, 3.8) is 0 Å². The second-order valence-electron chi connectivity index (χ2n) is 5.81. The van der Waals surface area contributed by atoms with Crippen molar-refractivity contribution in [3.05, 3.63) is 55.4 Å². The summed E-state index contributed by atoms with van der Waals surface area (Å²) in [6.07, 6.45) is 0.881. The van der Waals surface area contributed by atoms with Crippen molar-refractivity contribution >= 4 is 76.9 Å². The van der Waals surface area contributed by atoms with Crippen molar-refractivity contribution in [1.82, 2.24) is 16.2 Å². The Kier molecular flexibility index (Phi) is 10.0. The molecule has 0 bridgehead atoms. The molecule has 0 spiro atoms. The van der Waals surface area contributed by atoms with Crippen molar-refractivity contribution in [2.45, 2.75) is 13.3 Å². The lowest BCUT2D eigenvalue weighted by Crippen LogP contribution is -2.49. The zero-order chi connectivity index (χ0) is 22.1. The van der Waals surface area contributed by atoms with Gasteiger partial charge in [-0.05, 0) is 86.9 Å². The average molecular weight is 624 g/mol. The summed E-state index contributed by atoms with van der Waals surface area (Å²) in [6.45, 7) is 2.35. The number of carbonyl (C=O) groups excluding carboxylic acids is 2. The van der Waals surface area contributed by atoms with Crippen LogP contribution in [0.2, 0.25) is 0 Å². The van der Waals surface area contributed by atoms with E-state index in [-0.39, 0.29) is 11.7 Å². The first-order valence-electron chi connectivity index (χ1n) is 8.70. The molecule has 0 fully saturated rings. The summed E-state index contributed by atoms with van der Waals surface area (Å²) in [5.74, 6) is 0.265. The minimum Gasteiger partial charge on any atom is -0.492 e. The third-order valence-electron chi connectivity index (χ3n) is 3.45. The number of hydrogen-bond acceptors (Lipinski definition) is 5. The molecule has 0 aliphatic carbocycles. The van der Waals surface area contributed by atoms with Gasteiger partial charge in [0, 0.05) is 10.0 Å². The number of ether oxygens (including phenoxy) is 2. The molecule has 0 radical (unpaired) electrons. The van der Waals surface area contributed by atoms with Gasteiger partial charge in [0.2, 0.25) is 0 Å². The molecular weight excluding hydrogens is 606 g/mol. The highest BCUT2D eigenvalue weighted by molar-refractivity contribution is 9.11. The number of rotatable bonds is 7. The summed E-state index contributed by atoms with van der Waals surface area (Å²) < 4.78 is 13.2. The third-order valence-corrected chi connectivity index (χ3v) is 5.39. The summed E-state index contributed by atoms with van der Waals surface area (Å²) in [5, 5.41) is 2.43. The number of carbonyl (C=O) groups is 2. The third kappa shape index (κ3) is 7.86. The Morgan fingerprint density at radius 1 is 0.967 bits per heavy atom. The van der Waals surface area contributed by atoms with E-state index >= 15 is 0 Å². The van der Waals surface area contributed by atoms with E-state index in [0.29, 0.717) is 32.6 Å². The lowest BCUT2D eigenvalue weighted by atomic mass is 10.2. The van der Waals surface area contributed by atoms with Gasteiger partial charge in [-0.25, -0.2) is 0 Å². The highest BCUT2D eigenvalue weighted by atomic mass is 79.9. The Hall–Kier alpha value is -1.69. The molecule has 0 atom stereocenters. The largest absolute Gasteiger partial charge is 0.492 e. The molecule has 0 aliphatic heterocycles. The number of amides is 2. The first-order chi connectivity index (χ1) is 14.3. The standard InChI is InChI=1S/C19H18Br3N3O4S/c1-2-7-28-15-5-3-11(8-13(15)21)18(27)23-19(30)25-24-17(26)10-29-16-6-4-12(20)9-14(16)22/h3-6,8-9H,2,7,10H2,1H3,(H,24,26)(H2,23,25,27,30). The van der Waals surface area contributed by atoms with Gasteiger partial charge in [-0.1, -0.05) is 22.9 Å². The van der Waals surface area contributed by atoms with Crippen molar-refractivity contribution in [1.29, 1.82) is 0 Å². The Labute approximate surface area is 204 Å². The SMILES string of the molecule is CCCOc1ccc(C(=O)NC(=S)NNC(=O)COc2ccc(Br)cc2Br)cc1Br. The lowest BCUT2D eigenvalue weighted by Gasteiger charge is -2.13. The highest BCUT2D eigenvalue weighted by Crippen LogP contribution is 2.28. The second-order valence-corrected chi connectivity index (χ2v) is 8.85. The molecule has 30 heavy (non-hydrogen) atoms. The second kappa shape index (κ2) is 12.2. The van der Waals surface area contributed by atoms with Crippen LogP contribution in [0.1, 0.15) is 23.7 Å². The number of hydrogen-bond donors (Lipinski definition) is 3. The van der Waals surface area contributed by atoms with Crippen molar-refractivity contribution in [3.8, 4) is 11.5 Å². The molecule has 160 valence electrons. The summed E-state index contributed by atoms with van der Waals surface area (Å²) in [7, 11) is 0. The Morgan fingerprint density at radius 3 is 2.30 bits per heavy atom. The summed E-state index contributed by atoms with van der Waals surface area (Å²) in [5.41, 5.74) is 5.20. The van der Waals surface area contributed by atoms with E-state index in [1.165, 1.54) is 0 Å². The Morgan fingerprint density at radius 2 is 1.63 bits per heavy atom. The molecule has 2 aromatic rings. The molecule has 3 N–H and O–H groups in total. The van der Waals surface area contributed by atoms with Crippen LogP contribution in [-0.2, 0) is 4.79 Å². The van der Waals surface area contributed by atoms with Gasteiger partial charge in [-0.15, -0.1) is 0 Å². The molecule has 7 nitrogen and oxygen atoms in total. The fraction of sp³-hybridized carbons (Fsp3) is 0.211. The molecule has 2 aromatic carbocycles. The van der Waals surface area contributed by atoms with Crippen LogP contribution >= 0.6 is 60.0 Å². The molecular formula is C19H18Br3N3O4S. The predicted molar refractivity (Wildman–Crippen MR) is 129 cm³/mol. The number of thiocarbonyl (C=S) groups is 1. The van der Waals surface area contributed by atoms with Crippen molar-refractivity contribution in [2.75, 3.05) is 13.2 Å². The van der Waals surface area contributed by atoms with Gasteiger partial charge >= 0.3 is 0 Å². The maximum atomic E-state index is 12.3. The number of benzene rings is 2. The fourth-order valence-electron chi connectivity index (χ4n) is 2.08. The lowest BCUT2D eigenvalue weighted by molar-refractivity contribution is -0.123. The minimum absolute atomic E-state index is 0.0550. The van der Waals surface area contributed by atoms with E-state index < -0.39 is 11.8 Å². The summed E-state index contributed by atoms with van der Waals surface area (Å²) in [4.78, 5) is 24.2. The van der Waals surface area contributed by atoms with Crippen LogP contribution in [0.5, 0.6) is 11.5 Å². The van der Waals surface area contributed by atoms with Crippen LogP contribution in [0.15, 0.2) is 49.8 Å². The Bertz CT molecular complexity index is 943. The topological polar surface area (TPSA) is 88.7 Å². The molecule has 0 aliphatic rings. The fourth-order valence-corrected chi connectivity index (χ4v) is 3.87. The Balaban J connectivity index is 1.78. The molecule has 2 rings (SSSR count). The molecule has 0 heterocycles. The zero-order valence-corrected chi connectivity index (χ0v) is 21.3. The van der Waals surface area contributed by atoms with E-state index in [0.717, 1.165) is 10.9 Å². The van der Waals surface area contributed by atoms with Gasteiger partial charge in [0.15, 0.2) is 11.7 Å². The minimum atomic E-state index is -0.471. The maximum absolute atomic E-state index is 12.3. The molecule has 0 unspecified atom stereocenters. The monoisotopic (exact) mass is 621 g/mol. The van der Waals surface area contributed by atoms with Crippen LogP contribution in [0, 0.1) is 0 Å². The number of hydrazine groups is 1. The van der Waals surface area contributed by atoms with Crippen molar-refractivity contribution < 1.29 is 19.1 Å². The van der Waals surface area contributed by atoms with Gasteiger partial charge < -0.3 is 9.47 Å². The first kappa shape index (κ1) is 24.6. The smallest absolute Gasteiger partial charge is 0.276 e. The van der Waals surface area contributed by atoms with Gasteiger partial charge in [-0.3, -0.25) is 25.8 Å². The van der Waals surface area contributed by atoms with E-state index in [1.54, 1.807) is 36.4 Å². The van der Waals surface area contributed by atoms with Gasteiger partial charge in [-0.2, -0.15) is 0 Å². The number of nitrogens with one attached hydrogen (secondary N) is 3. The van der Waals surface area contributed by atoms with Gasteiger partial charge in [0.1, 0.15) is 11.5 Å². The summed E-state index contributed by atoms with van der Waals surface area (Å²) >= 11 is 15.1. The molecule has 11 heteroatoms. The van der Waals surface area contributed by atoms with E-state index in [2.05, 4.69) is 64.0 Å². The highest BCUT2D eigenvalue weighted by Gasteiger charge is 2.12. The molecule has 0 saturated heterocycles. The van der Waals surface area contributed by atoms with Crippen LogP contribution in [0.25, 0.3) is 0 Å². The first-order valence-corrected chi connectivity index (χ1v) is 11.5. The van der Waals surface area contributed by atoms with Crippen LogP contribution in [0.4, 0.5) is 0 Å².